The number of ether oxygens (including phenoxy) is 1. The SMILES string of the molecule is CC(C)c1nsnc1OCC1CC(c2cnc(Nc3ccc(S(N)(=O)=O)cc3)nc2)C1. The fraction of sp³-hybridized carbons (Fsp3) is 0.400. The molecular formula is C20H24N6O3S2. The molecule has 3 N–H and O–H groups in total. The predicted octanol–water partition coefficient (Wildman–Crippen LogP) is 3.42. The van der Waals surface area contributed by atoms with Gasteiger partial charge in [-0.2, -0.15) is 4.37 Å². The summed E-state index contributed by atoms with van der Waals surface area (Å²) in [5.41, 5.74) is 2.71. The molecular weight excluding hydrogens is 436 g/mol. The first-order chi connectivity index (χ1) is 14.8. The highest BCUT2D eigenvalue weighted by molar-refractivity contribution is 7.89. The maximum absolute atomic E-state index is 11.3. The van der Waals surface area contributed by atoms with Crippen LogP contribution in [0.25, 0.3) is 0 Å². The normalized spacial score (nSPS) is 18.6. The number of hydrogen-bond acceptors (Lipinski definition) is 9. The topological polar surface area (TPSA) is 133 Å². The van der Waals surface area contributed by atoms with Crippen molar-refractivity contribution in [1.29, 1.82) is 0 Å². The van der Waals surface area contributed by atoms with Crippen molar-refractivity contribution in [2.75, 3.05) is 11.9 Å². The Morgan fingerprint density at radius 1 is 1.16 bits per heavy atom. The van der Waals surface area contributed by atoms with Gasteiger partial charge < -0.3 is 10.1 Å². The monoisotopic (exact) mass is 460 g/mol. The molecule has 0 spiro atoms. The van der Waals surface area contributed by atoms with E-state index in [2.05, 4.69) is 37.9 Å². The number of nitrogens with zero attached hydrogens (tertiary/aromatic N) is 4. The number of primary sulfonamides is 1. The van der Waals surface area contributed by atoms with E-state index in [0.717, 1.165) is 24.1 Å². The van der Waals surface area contributed by atoms with Gasteiger partial charge in [0.2, 0.25) is 21.9 Å². The summed E-state index contributed by atoms with van der Waals surface area (Å²) in [6.45, 7) is 4.82. The second kappa shape index (κ2) is 8.85. The minimum Gasteiger partial charge on any atom is -0.475 e. The smallest absolute Gasteiger partial charge is 0.249 e. The van der Waals surface area contributed by atoms with Gasteiger partial charge in [-0.15, -0.1) is 4.37 Å². The molecule has 0 unspecified atom stereocenters. The molecule has 4 rings (SSSR count). The third-order valence-electron chi connectivity index (χ3n) is 5.30. The number of benzene rings is 1. The zero-order valence-corrected chi connectivity index (χ0v) is 18.9. The Bertz CT molecular complexity index is 1120. The van der Waals surface area contributed by atoms with Crippen molar-refractivity contribution >= 4 is 33.4 Å². The lowest BCUT2D eigenvalue weighted by Gasteiger charge is -2.34. The molecule has 0 radical (unpaired) electrons. The van der Waals surface area contributed by atoms with Crippen molar-refractivity contribution in [2.24, 2.45) is 11.1 Å². The van der Waals surface area contributed by atoms with E-state index < -0.39 is 10.0 Å². The Balaban J connectivity index is 1.27. The van der Waals surface area contributed by atoms with E-state index in [1.54, 1.807) is 12.1 Å². The van der Waals surface area contributed by atoms with Crippen LogP contribution in [0.3, 0.4) is 0 Å². The fourth-order valence-corrected chi connectivity index (χ4v) is 4.60. The molecule has 1 aliphatic carbocycles. The summed E-state index contributed by atoms with van der Waals surface area (Å²) >= 11 is 1.19. The summed E-state index contributed by atoms with van der Waals surface area (Å²) in [6.07, 6.45) is 5.72. The summed E-state index contributed by atoms with van der Waals surface area (Å²) in [5, 5.41) is 8.16. The zero-order valence-electron chi connectivity index (χ0n) is 17.2. The summed E-state index contributed by atoms with van der Waals surface area (Å²) in [7, 11) is -3.71. The Labute approximate surface area is 185 Å². The third kappa shape index (κ3) is 5.17. The number of sulfonamides is 1. The van der Waals surface area contributed by atoms with Gasteiger partial charge in [-0.3, -0.25) is 0 Å². The highest BCUT2D eigenvalue weighted by atomic mass is 32.2. The Kier molecular flexibility index (Phi) is 6.17. The zero-order chi connectivity index (χ0) is 22.0. The standard InChI is InChI=1S/C20H24N6O3S2/c1-12(2)18-19(26-30-25-18)29-11-13-7-14(8-13)15-9-22-20(23-10-15)24-16-3-5-17(6-4-16)31(21,27)28/h3-6,9-10,12-14H,7-8,11H2,1-2H3,(H2,21,27,28)(H,22,23,24). The van der Waals surface area contributed by atoms with E-state index in [4.69, 9.17) is 9.88 Å². The Hall–Kier alpha value is -2.63. The minimum atomic E-state index is -3.71. The first-order valence-electron chi connectivity index (χ1n) is 9.96. The minimum absolute atomic E-state index is 0.0595. The summed E-state index contributed by atoms with van der Waals surface area (Å²) in [6, 6.07) is 6.12. The number of aromatic nitrogens is 4. The highest BCUT2D eigenvalue weighted by Gasteiger charge is 2.31. The van der Waals surface area contributed by atoms with Crippen molar-refractivity contribution < 1.29 is 13.2 Å². The lowest BCUT2D eigenvalue weighted by atomic mass is 9.72. The molecule has 1 saturated carbocycles. The van der Waals surface area contributed by atoms with Gasteiger partial charge in [-0.1, -0.05) is 13.8 Å². The van der Waals surface area contributed by atoms with Crippen molar-refractivity contribution in [3.63, 3.8) is 0 Å². The quantitative estimate of drug-likeness (QED) is 0.522. The number of rotatable bonds is 8. The van der Waals surface area contributed by atoms with Crippen LogP contribution in [0, 0.1) is 5.92 Å². The second-order valence-electron chi connectivity index (χ2n) is 7.99. The molecule has 0 amide bonds. The number of hydrogen-bond donors (Lipinski definition) is 2. The van der Waals surface area contributed by atoms with E-state index in [9.17, 15) is 8.42 Å². The van der Waals surface area contributed by atoms with Crippen molar-refractivity contribution in [1.82, 2.24) is 18.7 Å². The van der Waals surface area contributed by atoms with Gasteiger partial charge in [0.25, 0.3) is 0 Å². The van der Waals surface area contributed by atoms with E-state index >= 15 is 0 Å². The molecule has 0 saturated heterocycles. The van der Waals surface area contributed by atoms with Gasteiger partial charge >= 0.3 is 0 Å². The van der Waals surface area contributed by atoms with Gasteiger partial charge in [0, 0.05) is 24.0 Å². The highest BCUT2D eigenvalue weighted by Crippen LogP contribution is 2.41. The van der Waals surface area contributed by atoms with Crippen LogP contribution in [0.2, 0.25) is 0 Å². The molecule has 2 aromatic heterocycles. The molecule has 0 bridgehead atoms. The molecule has 2 heterocycles. The largest absolute Gasteiger partial charge is 0.475 e. The molecule has 164 valence electrons. The van der Waals surface area contributed by atoms with Crippen LogP contribution < -0.4 is 15.2 Å². The van der Waals surface area contributed by atoms with Crippen molar-refractivity contribution in [3.05, 3.63) is 47.9 Å². The van der Waals surface area contributed by atoms with Crippen LogP contribution in [-0.2, 0) is 10.0 Å². The van der Waals surface area contributed by atoms with Crippen molar-refractivity contribution in [3.8, 4) is 5.88 Å². The van der Waals surface area contributed by atoms with Crippen molar-refractivity contribution in [2.45, 2.75) is 43.4 Å². The lowest BCUT2D eigenvalue weighted by molar-refractivity contribution is 0.153. The second-order valence-corrected chi connectivity index (χ2v) is 10.1. The van der Waals surface area contributed by atoms with Crippen LogP contribution >= 0.6 is 11.7 Å². The molecule has 1 fully saturated rings. The van der Waals surface area contributed by atoms with Gasteiger partial charge in [0.15, 0.2) is 0 Å². The summed E-state index contributed by atoms with van der Waals surface area (Å²) < 4.78 is 37.1. The maximum atomic E-state index is 11.3. The van der Waals surface area contributed by atoms with Crippen LogP contribution in [0.15, 0.2) is 41.6 Å². The van der Waals surface area contributed by atoms with Gasteiger partial charge in [0.1, 0.15) is 5.69 Å². The first-order valence-corrected chi connectivity index (χ1v) is 12.2. The van der Waals surface area contributed by atoms with Gasteiger partial charge in [-0.25, -0.2) is 23.5 Å². The number of anilines is 2. The van der Waals surface area contributed by atoms with Crippen LogP contribution in [0.1, 0.15) is 49.8 Å². The molecule has 11 heteroatoms. The van der Waals surface area contributed by atoms with E-state index in [1.807, 2.05) is 12.4 Å². The lowest BCUT2D eigenvalue weighted by Crippen LogP contribution is -2.27. The van der Waals surface area contributed by atoms with E-state index in [1.165, 1.54) is 23.9 Å². The van der Waals surface area contributed by atoms with Gasteiger partial charge in [-0.05, 0) is 54.5 Å². The molecule has 31 heavy (non-hydrogen) atoms. The summed E-state index contributed by atoms with van der Waals surface area (Å²) in [5.74, 6) is 2.33. The number of nitrogens with two attached hydrogens (primary N) is 1. The first kappa shape index (κ1) is 21.6. The maximum Gasteiger partial charge on any atom is 0.249 e. The van der Waals surface area contributed by atoms with E-state index in [-0.39, 0.29) is 4.90 Å². The van der Waals surface area contributed by atoms with Crippen LogP contribution in [0.5, 0.6) is 5.88 Å². The molecule has 9 nitrogen and oxygen atoms in total. The van der Waals surface area contributed by atoms with Crippen LogP contribution in [-0.4, -0.2) is 33.7 Å². The molecule has 3 aromatic rings. The molecule has 0 aliphatic heterocycles. The average molecular weight is 461 g/mol. The molecule has 0 atom stereocenters. The Morgan fingerprint density at radius 3 is 2.45 bits per heavy atom. The average Bonchev–Trinajstić information content (AvgIpc) is 3.17. The predicted molar refractivity (Wildman–Crippen MR) is 118 cm³/mol. The third-order valence-corrected chi connectivity index (χ3v) is 6.76. The fourth-order valence-electron chi connectivity index (χ4n) is 3.45. The Morgan fingerprint density at radius 2 is 1.84 bits per heavy atom. The summed E-state index contributed by atoms with van der Waals surface area (Å²) in [4.78, 5) is 8.81. The van der Waals surface area contributed by atoms with Crippen LogP contribution in [0.4, 0.5) is 11.6 Å². The molecule has 1 aliphatic rings. The van der Waals surface area contributed by atoms with E-state index in [0.29, 0.717) is 41.9 Å². The van der Waals surface area contributed by atoms with Gasteiger partial charge in [0.05, 0.1) is 23.2 Å². The molecule has 1 aromatic carbocycles. The number of nitrogens with one attached hydrogen (secondary N) is 1.